The second kappa shape index (κ2) is 10.3. The Hall–Kier alpha value is -2.35. The van der Waals surface area contributed by atoms with Crippen molar-refractivity contribution in [3.8, 4) is 0 Å². The van der Waals surface area contributed by atoms with E-state index in [1.807, 2.05) is 41.3 Å². The zero-order valence-corrected chi connectivity index (χ0v) is 22.3. The molecule has 1 N–H and O–H groups in total. The zero-order valence-electron chi connectivity index (χ0n) is 19.9. The number of thioether (sulfide) groups is 1. The molecule has 7 heteroatoms. The fourth-order valence-electron chi connectivity index (χ4n) is 5.31. The maximum Gasteiger partial charge on any atom is 0.253 e. The lowest BCUT2D eigenvalue weighted by Gasteiger charge is -2.44. The van der Waals surface area contributed by atoms with Crippen LogP contribution in [0.25, 0.3) is 10.8 Å². The van der Waals surface area contributed by atoms with Crippen molar-refractivity contribution >= 4 is 50.3 Å². The monoisotopic (exact) mass is 551 g/mol. The summed E-state index contributed by atoms with van der Waals surface area (Å²) in [5.74, 6) is 1.17. The summed E-state index contributed by atoms with van der Waals surface area (Å²) in [4.78, 5) is 30.7. The number of halogens is 1. The molecule has 2 fully saturated rings. The Kier molecular flexibility index (Phi) is 7.19. The third-order valence-corrected chi connectivity index (χ3v) is 8.43. The van der Waals surface area contributed by atoms with Crippen molar-refractivity contribution in [1.82, 2.24) is 15.1 Å². The van der Waals surface area contributed by atoms with Crippen molar-refractivity contribution in [3.63, 3.8) is 0 Å². The SMILES string of the molecule is CSCCC1NC2(CCN(C(=O)c3ccc(Br)cc3)CC2)N(Cc2ccc3ccccc3c2)C1=O. The normalized spacial score (nSPS) is 19.6. The van der Waals surface area contributed by atoms with Crippen LogP contribution >= 0.6 is 27.7 Å². The van der Waals surface area contributed by atoms with Gasteiger partial charge >= 0.3 is 0 Å². The Bertz CT molecular complexity index is 1220. The molecule has 0 aliphatic carbocycles. The minimum Gasteiger partial charge on any atom is -0.338 e. The number of nitrogens with zero attached hydrogens (tertiary/aromatic N) is 2. The molecule has 2 amide bonds. The van der Waals surface area contributed by atoms with Crippen LogP contribution in [0, 0.1) is 0 Å². The molecular weight excluding hydrogens is 522 g/mol. The van der Waals surface area contributed by atoms with E-state index in [0.717, 1.165) is 35.1 Å². The highest BCUT2D eigenvalue weighted by atomic mass is 79.9. The van der Waals surface area contributed by atoms with Crippen LogP contribution in [0.2, 0.25) is 0 Å². The summed E-state index contributed by atoms with van der Waals surface area (Å²) in [5, 5.41) is 6.11. The van der Waals surface area contributed by atoms with Crippen LogP contribution in [-0.2, 0) is 11.3 Å². The number of likely N-dealkylation sites (tertiary alicyclic amines) is 1. The van der Waals surface area contributed by atoms with Gasteiger partial charge in [0.05, 0.1) is 11.7 Å². The van der Waals surface area contributed by atoms with Gasteiger partial charge in [-0.25, -0.2) is 0 Å². The van der Waals surface area contributed by atoms with Crippen LogP contribution in [0.3, 0.4) is 0 Å². The highest BCUT2D eigenvalue weighted by Gasteiger charge is 2.51. The first-order valence-corrected chi connectivity index (χ1v) is 14.3. The summed E-state index contributed by atoms with van der Waals surface area (Å²) in [6.07, 6.45) is 4.35. The molecule has 0 bridgehead atoms. The molecule has 0 radical (unpaired) electrons. The molecular formula is C28H30BrN3O2S. The van der Waals surface area contributed by atoms with Crippen LogP contribution in [-0.4, -0.2) is 58.4 Å². The zero-order chi connectivity index (χ0) is 24.4. The van der Waals surface area contributed by atoms with Crippen LogP contribution in [0.1, 0.15) is 35.2 Å². The molecule has 3 aromatic carbocycles. The van der Waals surface area contributed by atoms with Crippen molar-refractivity contribution in [3.05, 3.63) is 82.3 Å². The van der Waals surface area contributed by atoms with Crippen molar-refractivity contribution < 1.29 is 9.59 Å². The van der Waals surface area contributed by atoms with Crippen molar-refractivity contribution in [2.45, 2.75) is 37.5 Å². The summed E-state index contributed by atoms with van der Waals surface area (Å²) in [6.45, 7) is 1.82. The van der Waals surface area contributed by atoms with Gasteiger partial charge in [-0.2, -0.15) is 11.8 Å². The van der Waals surface area contributed by atoms with E-state index < -0.39 is 5.66 Å². The second-order valence-corrected chi connectivity index (χ2v) is 11.3. The summed E-state index contributed by atoms with van der Waals surface area (Å²) < 4.78 is 0.959. The number of carbonyl (C=O) groups is 2. The largest absolute Gasteiger partial charge is 0.338 e. The van der Waals surface area contributed by atoms with E-state index in [-0.39, 0.29) is 17.9 Å². The minimum atomic E-state index is -0.414. The van der Waals surface area contributed by atoms with Crippen LogP contribution in [0.15, 0.2) is 71.2 Å². The van der Waals surface area contributed by atoms with Gasteiger partial charge in [0.25, 0.3) is 5.91 Å². The summed E-state index contributed by atoms with van der Waals surface area (Å²) >= 11 is 5.20. The summed E-state index contributed by atoms with van der Waals surface area (Å²) in [6, 6.07) is 22.1. The number of rotatable bonds is 6. The lowest BCUT2D eigenvalue weighted by atomic mass is 9.94. The predicted molar refractivity (Wildman–Crippen MR) is 146 cm³/mol. The Morgan fingerprint density at radius 3 is 2.49 bits per heavy atom. The van der Waals surface area contributed by atoms with Gasteiger partial charge in [-0.15, -0.1) is 0 Å². The maximum atomic E-state index is 13.6. The molecule has 35 heavy (non-hydrogen) atoms. The highest BCUT2D eigenvalue weighted by molar-refractivity contribution is 9.10. The molecule has 0 saturated carbocycles. The number of benzene rings is 3. The highest BCUT2D eigenvalue weighted by Crippen LogP contribution is 2.35. The van der Waals surface area contributed by atoms with Gasteiger partial charge in [-0.1, -0.05) is 52.3 Å². The van der Waals surface area contributed by atoms with Crippen LogP contribution in [0.4, 0.5) is 0 Å². The predicted octanol–water partition coefficient (Wildman–Crippen LogP) is 5.29. The van der Waals surface area contributed by atoms with Gasteiger partial charge in [0, 0.05) is 42.5 Å². The Morgan fingerprint density at radius 1 is 1.06 bits per heavy atom. The van der Waals surface area contributed by atoms with Gasteiger partial charge in [0.2, 0.25) is 5.91 Å². The van der Waals surface area contributed by atoms with E-state index >= 15 is 0 Å². The molecule has 5 rings (SSSR count). The van der Waals surface area contributed by atoms with E-state index in [0.29, 0.717) is 25.2 Å². The molecule has 2 saturated heterocycles. The molecule has 1 spiro atoms. The third kappa shape index (κ3) is 4.99. The number of carbonyl (C=O) groups excluding carboxylic acids is 2. The molecule has 2 aliphatic heterocycles. The standard InChI is InChI=1S/C28H30BrN3O2S/c1-35-17-12-25-27(34)32(19-20-6-7-21-4-2-3-5-23(21)18-20)28(30-25)13-15-31(16-14-28)26(33)22-8-10-24(29)11-9-22/h2-11,18,25,30H,12-17,19H2,1H3. The number of fused-ring (bicyclic) bond motifs is 1. The third-order valence-electron chi connectivity index (χ3n) is 7.26. The lowest BCUT2D eigenvalue weighted by Crippen LogP contribution is -2.59. The minimum absolute atomic E-state index is 0.0525. The molecule has 2 aliphatic rings. The topological polar surface area (TPSA) is 52.7 Å². The van der Waals surface area contributed by atoms with E-state index in [9.17, 15) is 9.59 Å². The van der Waals surface area contributed by atoms with E-state index in [1.54, 1.807) is 11.8 Å². The number of amides is 2. The number of nitrogens with one attached hydrogen (secondary N) is 1. The van der Waals surface area contributed by atoms with Gasteiger partial charge in [-0.3, -0.25) is 14.9 Å². The van der Waals surface area contributed by atoms with E-state index in [4.69, 9.17) is 0 Å². The van der Waals surface area contributed by atoms with Crippen molar-refractivity contribution in [2.75, 3.05) is 25.1 Å². The quantitative estimate of drug-likeness (QED) is 0.452. The van der Waals surface area contributed by atoms with E-state index in [1.165, 1.54) is 10.8 Å². The average molecular weight is 553 g/mol. The Morgan fingerprint density at radius 2 is 1.77 bits per heavy atom. The van der Waals surface area contributed by atoms with Crippen LogP contribution in [0.5, 0.6) is 0 Å². The van der Waals surface area contributed by atoms with Gasteiger partial charge in [0.1, 0.15) is 0 Å². The molecule has 1 atom stereocenters. The first kappa shape index (κ1) is 24.3. The Balaban J connectivity index is 1.36. The Labute approximate surface area is 219 Å². The first-order valence-electron chi connectivity index (χ1n) is 12.1. The molecule has 2 heterocycles. The number of hydrogen-bond donors (Lipinski definition) is 1. The summed E-state index contributed by atoms with van der Waals surface area (Å²) in [5.41, 5.74) is 1.42. The number of hydrogen-bond acceptors (Lipinski definition) is 4. The molecule has 1 unspecified atom stereocenters. The summed E-state index contributed by atoms with van der Waals surface area (Å²) in [7, 11) is 0. The van der Waals surface area contributed by atoms with Gasteiger partial charge < -0.3 is 9.80 Å². The average Bonchev–Trinajstić information content (AvgIpc) is 3.13. The number of piperidine rings is 1. The molecule has 5 nitrogen and oxygen atoms in total. The molecule has 182 valence electrons. The molecule has 3 aromatic rings. The lowest BCUT2D eigenvalue weighted by molar-refractivity contribution is -0.134. The first-order chi connectivity index (χ1) is 17.0. The smallest absolute Gasteiger partial charge is 0.253 e. The molecule has 0 aromatic heterocycles. The van der Waals surface area contributed by atoms with Crippen molar-refractivity contribution in [2.24, 2.45) is 0 Å². The fraction of sp³-hybridized carbons (Fsp3) is 0.357. The van der Waals surface area contributed by atoms with Crippen LogP contribution < -0.4 is 5.32 Å². The van der Waals surface area contributed by atoms with Crippen molar-refractivity contribution in [1.29, 1.82) is 0 Å². The van der Waals surface area contributed by atoms with Gasteiger partial charge in [0.15, 0.2) is 0 Å². The maximum absolute atomic E-state index is 13.6. The second-order valence-electron chi connectivity index (χ2n) is 9.41. The van der Waals surface area contributed by atoms with Gasteiger partial charge in [-0.05, 0) is 65.1 Å². The fourth-order valence-corrected chi connectivity index (χ4v) is 6.05. The van der Waals surface area contributed by atoms with E-state index in [2.05, 4.69) is 62.7 Å².